The number of hydrogen-bond donors (Lipinski definition) is 1. The summed E-state index contributed by atoms with van der Waals surface area (Å²) in [6, 6.07) is 2.68. The first-order valence-electron chi connectivity index (χ1n) is 6.66. The van der Waals surface area contributed by atoms with Gasteiger partial charge in [0.25, 0.3) is 0 Å². The molecular weight excluding hydrogens is 303 g/mol. The van der Waals surface area contributed by atoms with Gasteiger partial charge in [0.15, 0.2) is 0 Å². The number of aromatic nitrogens is 1. The minimum Gasteiger partial charge on any atom is -0.404 e. The molecule has 1 saturated heterocycles. The predicted molar refractivity (Wildman–Crippen MR) is 71.6 cm³/mol. The van der Waals surface area contributed by atoms with Crippen molar-refractivity contribution in [3.63, 3.8) is 0 Å². The Morgan fingerprint density at radius 3 is 2.91 bits per heavy atom. The minimum atomic E-state index is -4.73. The number of morpholine rings is 1. The minimum absolute atomic E-state index is 0.146. The van der Waals surface area contributed by atoms with Gasteiger partial charge < -0.3 is 19.7 Å². The molecule has 122 valence electrons. The van der Waals surface area contributed by atoms with E-state index < -0.39 is 6.36 Å². The number of ether oxygens (including phenoxy) is 2. The average molecular weight is 319 g/mol. The van der Waals surface area contributed by atoms with Crippen molar-refractivity contribution in [2.75, 3.05) is 31.1 Å². The maximum atomic E-state index is 12.1. The summed E-state index contributed by atoms with van der Waals surface area (Å²) >= 11 is 0. The van der Waals surface area contributed by atoms with Crippen LogP contribution >= 0.6 is 0 Å². The number of hydrogen-bond acceptors (Lipinski definition) is 5. The zero-order chi connectivity index (χ0) is 16.2. The number of amides is 1. The van der Waals surface area contributed by atoms with E-state index in [0.29, 0.717) is 32.1 Å². The third kappa shape index (κ3) is 5.06. The Kier molecular flexibility index (Phi) is 5.07. The quantitative estimate of drug-likeness (QED) is 0.907. The molecule has 22 heavy (non-hydrogen) atoms. The fourth-order valence-corrected chi connectivity index (χ4v) is 2.06. The molecular formula is C13H16F3N3O3. The molecule has 0 aromatic carbocycles. The van der Waals surface area contributed by atoms with E-state index >= 15 is 0 Å². The summed E-state index contributed by atoms with van der Waals surface area (Å²) < 4.78 is 45.5. The smallest absolute Gasteiger partial charge is 0.404 e. The van der Waals surface area contributed by atoms with Gasteiger partial charge in [-0.3, -0.25) is 4.79 Å². The maximum Gasteiger partial charge on any atom is 0.573 e. The molecule has 0 saturated carbocycles. The summed E-state index contributed by atoms with van der Waals surface area (Å²) in [6.07, 6.45) is -3.89. The third-order valence-electron chi connectivity index (χ3n) is 3.00. The Hall–Kier alpha value is -2.03. The standard InChI is InChI=1S/C13H16F3N3O3/c1-9(20)17-7-11-8-19(4-5-21-11)12-3-2-10(6-18-12)22-13(14,15)16/h2-3,6,11H,4-5,7-8H2,1H3,(H,17,20). The van der Waals surface area contributed by atoms with Crippen molar-refractivity contribution in [2.24, 2.45) is 0 Å². The zero-order valence-electron chi connectivity index (χ0n) is 11.9. The molecule has 1 aliphatic heterocycles. The van der Waals surface area contributed by atoms with Crippen LogP contribution in [0.3, 0.4) is 0 Å². The van der Waals surface area contributed by atoms with Crippen LogP contribution in [0.1, 0.15) is 6.92 Å². The first-order valence-corrected chi connectivity index (χ1v) is 6.66. The molecule has 1 aromatic rings. The van der Waals surface area contributed by atoms with Crippen LogP contribution in [0, 0.1) is 0 Å². The van der Waals surface area contributed by atoms with E-state index in [-0.39, 0.29) is 17.8 Å². The largest absolute Gasteiger partial charge is 0.573 e. The van der Waals surface area contributed by atoms with Gasteiger partial charge in [-0.25, -0.2) is 4.98 Å². The molecule has 0 radical (unpaired) electrons. The Morgan fingerprint density at radius 1 is 1.55 bits per heavy atom. The van der Waals surface area contributed by atoms with Gasteiger partial charge in [-0.05, 0) is 12.1 Å². The molecule has 0 spiro atoms. The zero-order valence-corrected chi connectivity index (χ0v) is 11.9. The number of pyridine rings is 1. The second-order valence-electron chi connectivity index (χ2n) is 4.78. The van der Waals surface area contributed by atoms with E-state index in [0.717, 1.165) is 6.20 Å². The Morgan fingerprint density at radius 2 is 2.32 bits per heavy atom. The Balaban J connectivity index is 1.94. The fourth-order valence-electron chi connectivity index (χ4n) is 2.06. The molecule has 1 unspecified atom stereocenters. The average Bonchev–Trinajstić information content (AvgIpc) is 2.44. The van der Waals surface area contributed by atoms with Crippen LogP contribution in [0.5, 0.6) is 5.75 Å². The number of anilines is 1. The number of nitrogens with zero attached hydrogens (tertiary/aromatic N) is 2. The Labute approximate surface area is 125 Å². The normalized spacial score (nSPS) is 18.9. The number of halogens is 3. The second kappa shape index (κ2) is 6.82. The highest BCUT2D eigenvalue weighted by molar-refractivity contribution is 5.72. The second-order valence-corrected chi connectivity index (χ2v) is 4.78. The molecule has 2 rings (SSSR count). The first kappa shape index (κ1) is 16.3. The SMILES string of the molecule is CC(=O)NCC1CN(c2ccc(OC(F)(F)F)cn2)CCO1. The van der Waals surface area contributed by atoms with Crippen LogP contribution in [-0.2, 0) is 9.53 Å². The number of rotatable bonds is 4. The molecule has 0 bridgehead atoms. The first-order chi connectivity index (χ1) is 10.3. The monoisotopic (exact) mass is 319 g/mol. The fraction of sp³-hybridized carbons (Fsp3) is 0.538. The summed E-state index contributed by atoms with van der Waals surface area (Å²) in [6.45, 7) is 3.31. The van der Waals surface area contributed by atoms with E-state index in [9.17, 15) is 18.0 Å². The van der Waals surface area contributed by atoms with Crippen molar-refractivity contribution in [1.82, 2.24) is 10.3 Å². The van der Waals surface area contributed by atoms with E-state index in [2.05, 4.69) is 15.0 Å². The van der Waals surface area contributed by atoms with E-state index in [1.165, 1.54) is 19.1 Å². The highest BCUT2D eigenvalue weighted by Gasteiger charge is 2.31. The van der Waals surface area contributed by atoms with Gasteiger partial charge in [0.05, 0.1) is 18.9 Å². The lowest BCUT2D eigenvalue weighted by Crippen LogP contribution is -2.47. The Bertz CT molecular complexity index is 507. The van der Waals surface area contributed by atoms with Crippen molar-refractivity contribution in [3.8, 4) is 5.75 Å². The van der Waals surface area contributed by atoms with Crippen molar-refractivity contribution in [2.45, 2.75) is 19.4 Å². The molecule has 1 aliphatic rings. The number of alkyl halides is 3. The number of carbonyl (C=O) groups excluding carboxylic acids is 1. The van der Waals surface area contributed by atoms with E-state index in [4.69, 9.17) is 4.74 Å². The van der Waals surface area contributed by atoms with Crippen LogP contribution in [-0.4, -0.2) is 49.6 Å². The molecule has 2 heterocycles. The van der Waals surface area contributed by atoms with E-state index in [1.807, 2.05) is 4.90 Å². The molecule has 1 amide bonds. The summed E-state index contributed by atoms with van der Waals surface area (Å²) in [7, 11) is 0. The van der Waals surface area contributed by atoms with Gasteiger partial charge >= 0.3 is 6.36 Å². The molecule has 1 atom stereocenters. The summed E-state index contributed by atoms with van der Waals surface area (Å²) in [5.41, 5.74) is 0. The van der Waals surface area contributed by atoms with Crippen molar-refractivity contribution in [3.05, 3.63) is 18.3 Å². The highest BCUT2D eigenvalue weighted by Crippen LogP contribution is 2.24. The topological polar surface area (TPSA) is 63.7 Å². The molecule has 1 N–H and O–H groups in total. The van der Waals surface area contributed by atoms with Crippen LogP contribution in [0.25, 0.3) is 0 Å². The maximum absolute atomic E-state index is 12.1. The number of nitrogens with one attached hydrogen (secondary N) is 1. The van der Waals surface area contributed by atoms with Gasteiger partial charge in [-0.1, -0.05) is 0 Å². The van der Waals surface area contributed by atoms with Gasteiger partial charge in [0.1, 0.15) is 11.6 Å². The van der Waals surface area contributed by atoms with Crippen molar-refractivity contribution < 1.29 is 27.4 Å². The van der Waals surface area contributed by atoms with Crippen LogP contribution in [0.4, 0.5) is 19.0 Å². The van der Waals surface area contributed by atoms with E-state index in [1.54, 1.807) is 0 Å². The predicted octanol–water partition coefficient (Wildman–Crippen LogP) is 1.32. The lowest BCUT2D eigenvalue weighted by atomic mass is 10.2. The van der Waals surface area contributed by atoms with Crippen molar-refractivity contribution >= 4 is 11.7 Å². The molecule has 0 aliphatic carbocycles. The summed E-state index contributed by atoms with van der Waals surface area (Å²) in [5, 5.41) is 2.67. The summed E-state index contributed by atoms with van der Waals surface area (Å²) in [4.78, 5) is 16.7. The molecule has 1 fully saturated rings. The van der Waals surface area contributed by atoms with Gasteiger partial charge in [0, 0.05) is 26.6 Å². The van der Waals surface area contributed by atoms with Gasteiger partial charge in [0.2, 0.25) is 5.91 Å². The summed E-state index contributed by atoms with van der Waals surface area (Å²) in [5.74, 6) is 0.0254. The lowest BCUT2D eigenvalue weighted by Gasteiger charge is -2.33. The number of carbonyl (C=O) groups is 1. The van der Waals surface area contributed by atoms with Crippen molar-refractivity contribution in [1.29, 1.82) is 0 Å². The van der Waals surface area contributed by atoms with Crippen LogP contribution < -0.4 is 15.0 Å². The highest BCUT2D eigenvalue weighted by atomic mass is 19.4. The molecule has 6 nitrogen and oxygen atoms in total. The third-order valence-corrected chi connectivity index (χ3v) is 3.00. The molecule has 1 aromatic heterocycles. The van der Waals surface area contributed by atoms with Crippen LogP contribution in [0.2, 0.25) is 0 Å². The van der Waals surface area contributed by atoms with Gasteiger partial charge in [-0.15, -0.1) is 13.2 Å². The van der Waals surface area contributed by atoms with Crippen LogP contribution in [0.15, 0.2) is 18.3 Å². The molecule has 9 heteroatoms. The van der Waals surface area contributed by atoms with Gasteiger partial charge in [-0.2, -0.15) is 0 Å². The lowest BCUT2D eigenvalue weighted by molar-refractivity contribution is -0.274.